The lowest BCUT2D eigenvalue weighted by Crippen LogP contribution is -2.37. The van der Waals surface area contributed by atoms with Gasteiger partial charge in [0.2, 0.25) is 17.5 Å². The van der Waals surface area contributed by atoms with Gasteiger partial charge in [0.15, 0.2) is 0 Å². The molecule has 1 aliphatic heterocycles. The van der Waals surface area contributed by atoms with Crippen LogP contribution in [0.25, 0.3) is 5.69 Å². The van der Waals surface area contributed by atoms with Crippen molar-refractivity contribution in [2.75, 3.05) is 19.0 Å². The summed E-state index contributed by atoms with van der Waals surface area (Å²) in [6, 6.07) is 9.07. The molecular weight excluding hydrogens is 480 g/mol. The zero-order valence-electron chi connectivity index (χ0n) is 18.7. The van der Waals surface area contributed by atoms with E-state index in [1.54, 1.807) is 24.0 Å². The van der Waals surface area contributed by atoms with Gasteiger partial charge < -0.3 is 15.0 Å². The average molecular weight is 504 g/mol. The molecule has 0 fully saturated rings. The van der Waals surface area contributed by atoms with Crippen LogP contribution >= 0.6 is 23.1 Å². The normalized spacial score (nSPS) is 13.8. The number of carbonyl (C=O) groups excluding carboxylic acids is 3. The Kier molecular flexibility index (Phi) is 6.89. The minimum absolute atomic E-state index is 0.0497. The van der Waals surface area contributed by atoms with Gasteiger partial charge >= 0.3 is 16.6 Å². The molecule has 3 heterocycles. The molecule has 2 aromatic heterocycles. The van der Waals surface area contributed by atoms with Gasteiger partial charge in [0.25, 0.3) is 0 Å². The van der Waals surface area contributed by atoms with E-state index in [0.717, 1.165) is 22.2 Å². The lowest BCUT2D eigenvalue weighted by atomic mass is 10.0. The van der Waals surface area contributed by atoms with Crippen molar-refractivity contribution >= 4 is 45.9 Å². The maximum absolute atomic E-state index is 13.1. The third-order valence-electron chi connectivity index (χ3n) is 5.41. The minimum Gasteiger partial charge on any atom is -0.465 e. The number of hydrogen-bond acceptors (Lipinski definition) is 8. The number of ether oxygens (including phenoxy) is 1. The topological polar surface area (TPSA) is 126 Å². The lowest BCUT2D eigenvalue weighted by Gasteiger charge is -2.25. The second-order valence-electron chi connectivity index (χ2n) is 7.60. The summed E-state index contributed by atoms with van der Waals surface area (Å²) in [5, 5.41) is 5.26. The van der Waals surface area contributed by atoms with Gasteiger partial charge in [0.05, 0.1) is 24.5 Å². The first-order chi connectivity index (χ1) is 16.3. The van der Waals surface area contributed by atoms with Crippen LogP contribution in [0.4, 0.5) is 5.00 Å². The van der Waals surface area contributed by atoms with Gasteiger partial charge in [0, 0.05) is 30.5 Å². The number of nitrogens with one attached hydrogen (secondary N) is 2. The maximum Gasteiger partial charge on any atom is 0.442 e. The number of thioether (sulfide) groups is 1. The highest BCUT2D eigenvalue weighted by molar-refractivity contribution is 8.00. The zero-order valence-corrected chi connectivity index (χ0v) is 20.4. The molecule has 0 bridgehead atoms. The fraction of sp³-hybridized carbons (Fsp3) is 0.318. The quantitative estimate of drug-likeness (QED) is 0.300. The number of methoxy groups -OCH3 is 1. The van der Waals surface area contributed by atoms with E-state index in [1.165, 1.54) is 30.1 Å². The molecule has 2 N–H and O–H groups in total. The Morgan fingerprint density at radius 3 is 2.71 bits per heavy atom. The van der Waals surface area contributed by atoms with Gasteiger partial charge in [0.1, 0.15) is 5.00 Å². The SMILES string of the molecule is COC(=O)c1c(NC(=O)C(C)Sc2c(=O)o[nH][n+]2-c2ccccc2)sc2c1CCN(C(C)=O)C2. The molecule has 0 aliphatic carbocycles. The number of aromatic amines is 1. The molecule has 1 unspecified atom stereocenters. The molecule has 12 heteroatoms. The molecule has 0 saturated heterocycles. The van der Waals surface area contributed by atoms with Crippen LogP contribution in [0.3, 0.4) is 0 Å². The van der Waals surface area contributed by atoms with Gasteiger partial charge in [-0.2, -0.15) is 0 Å². The fourth-order valence-corrected chi connectivity index (χ4v) is 5.77. The first-order valence-corrected chi connectivity index (χ1v) is 12.1. The van der Waals surface area contributed by atoms with Crippen molar-refractivity contribution in [1.29, 1.82) is 0 Å². The smallest absolute Gasteiger partial charge is 0.442 e. The number of carbonyl (C=O) groups is 3. The Morgan fingerprint density at radius 1 is 1.29 bits per heavy atom. The Labute approximate surface area is 202 Å². The third kappa shape index (κ3) is 4.64. The average Bonchev–Trinajstić information content (AvgIpc) is 3.38. The molecule has 1 atom stereocenters. The molecule has 0 spiro atoms. The maximum atomic E-state index is 13.1. The molecule has 3 aromatic rings. The highest BCUT2D eigenvalue weighted by atomic mass is 32.2. The van der Waals surface area contributed by atoms with Gasteiger partial charge in [-0.3, -0.25) is 14.1 Å². The van der Waals surface area contributed by atoms with Crippen molar-refractivity contribution in [3.8, 4) is 5.69 Å². The van der Waals surface area contributed by atoms with E-state index in [2.05, 4.69) is 10.6 Å². The largest absolute Gasteiger partial charge is 0.465 e. The van der Waals surface area contributed by atoms with Crippen molar-refractivity contribution in [2.24, 2.45) is 0 Å². The second kappa shape index (κ2) is 9.85. The van der Waals surface area contributed by atoms with E-state index >= 15 is 0 Å². The van der Waals surface area contributed by atoms with Crippen LogP contribution in [0.15, 0.2) is 44.7 Å². The van der Waals surface area contributed by atoms with Crippen LogP contribution in [0.1, 0.15) is 34.6 Å². The van der Waals surface area contributed by atoms with Crippen LogP contribution in [0.2, 0.25) is 0 Å². The van der Waals surface area contributed by atoms with Crippen LogP contribution < -0.4 is 15.6 Å². The van der Waals surface area contributed by atoms with Gasteiger partial charge in [-0.05, 0) is 40.6 Å². The number of anilines is 1. The molecule has 10 nitrogen and oxygen atoms in total. The van der Waals surface area contributed by atoms with E-state index in [0.29, 0.717) is 35.8 Å². The fourth-order valence-electron chi connectivity index (χ4n) is 3.62. The van der Waals surface area contributed by atoms with Crippen molar-refractivity contribution in [1.82, 2.24) is 10.2 Å². The van der Waals surface area contributed by atoms with Crippen molar-refractivity contribution in [3.63, 3.8) is 0 Å². The molecule has 1 aromatic carbocycles. The third-order valence-corrected chi connectivity index (χ3v) is 7.68. The number of hydrogen-bond donors (Lipinski definition) is 2. The summed E-state index contributed by atoms with van der Waals surface area (Å²) in [6.45, 7) is 4.03. The number of H-pyrrole nitrogens is 1. The molecular formula is C22H23N4O6S2+. The van der Waals surface area contributed by atoms with E-state index in [9.17, 15) is 19.2 Å². The van der Waals surface area contributed by atoms with E-state index in [-0.39, 0.29) is 10.9 Å². The summed E-state index contributed by atoms with van der Waals surface area (Å²) < 4.78 is 11.4. The number of para-hydroxylation sites is 1. The molecule has 0 saturated carbocycles. The monoisotopic (exact) mass is 503 g/mol. The predicted octanol–water partition coefficient (Wildman–Crippen LogP) is 2.12. The van der Waals surface area contributed by atoms with Crippen molar-refractivity contribution < 1.29 is 28.3 Å². The number of aromatic nitrogens is 2. The lowest BCUT2D eigenvalue weighted by molar-refractivity contribution is -0.704. The predicted molar refractivity (Wildman–Crippen MR) is 125 cm³/mol. The van der Waals surface area contributed by atoms with E-state index in [1.807, 2.05) is 18.2 Å². The summed E-state index contributed by atoms with van der Waals surface area (Å²) in [5.41, 5.74) is 1.19. The number of fused-ring (bicyclic) bond motifs is 1. The van der Waals surface area contributed by atoms with Crippen molar-refractivity contribution in [3.05, 3.63) is 56.8 Å². The highest BCUT2D eigenvalue weighted by Gasteiger charge is 2.32. The minimum atomic E-state index is -0.688. The van der Waals surface area contributed by atoms with Crippen LogP contribution in [0.5, 0.6) is 0 Å². The molecule has 1 aliphatic rings. The second-order valence-corrected chi connectivity index (χ2v) is 10.0. The summed E-state index contributed by atoms with van der Waals surface area (Å²) >= 11 is 2.29. The zero-order chi connectivity index (χ0) is 24.4. The first kappa shape index (κ1) is 23.8. The number of nitrogens with zero attached hydrogens (tertiary/aromatic N) is 2. The number of thiophene rings is 1. The molecule has 34 heavy (non-hydrogen) atoms. The van der Waals surface area contributed by atoms with E-state index in [4.69, 9.17) is 9.26 Å². The molecule has 178 valence electrons. The van der Waals surface area contributed by atoms with E-state index < -0.39 is 22.8 Å². The summed E-state index contributed by atoms with van der Waals surface area (Å²) in [7, 11) is 1.29. The van der Waals surface area contributed by atoms with Gasteiger partial charge in [-0.1, -0.05) is 18.2 Å². The van der Waals surface area contributed by atoms with Crippen LogP contribution in [-0.4, -0.2) is 46.9 Å². The Balaban J connectivity index is 1.57. The molecule has 2 amide bonds. The number of amides is 2. The number of esters is 1. The number of benzene rings is 1. The highest BCUT2D eigenvalue weighted by Crippen LogP contribution is 2.38. The summed E-state index contributed by atoms with van der Waals surface area (Å²) in [4.78, 5) is 52.2. The van der Waals surface area contributed by atoms with Crippen LogP contribution in [0, 0.1) is 0 Å². The summed E-state index contributed by atoms with van der Waals surface area (Å²) in [6.07, 6.45) is 0.498. The number of rotatable bonds is 6. The Bertz CT molecular complexity index is 1300. The molecule has 0 radical (unpaired) electrons. The van der Waals surface area contributed by atoms with Crippen molar-refractivity contribution in [2.45, 2.75) is 37.1 Å². The molecule has 4 rings (SSSR count). The van der Waals surface area contributed by atoms with Gasteiger partial charge in [-0.15, -0.1) is 11.3 Å². The first-order valence-electron chi connectivity index (χ1n) is 10.4. The van der Waals surface area contributed by atoms with Gasteiger partial charge in [-0.25, -0.2) is 9.59 Å². The Hall–Kier alpha value is -3.38. The standard InChI is InChI=1S/C22H22N4O6S2/c1-12(33-20-22(30)32-24-26(20)14-7-5-4-6-8-14)18(28)23-19-17(21(29)31-3)15-9-10-25(13(2)27)11-16(15)34-19/h4-8,12H,9-11H2,1-3H3,(H-,23,24,28,29,30)/p+1. The van der Waals surface area contributed by atoms with Crippen LogP contribution in [-0.2, 0) is 27.3 Å². The Morgan fingerprint density at radius 2 is 2.03 bits per heavy atom. The summed E-state index contributed by atoms with van der Waals surface area (Å²) in [5.74, 6) is -0.985.